The number of hydrogen-bond donors (Lipinski definition) is 3. The molecule has 4 N–H and O–H groups in total. The summed E-state index contributed by atoms with van der Waals surface area (Å²) in [6.07, 6.45) is 1.36. The van der Waals surface area contributed by atoms with Gasteiger partial charge in [-0.05, 0) is 42.1 Å². The van der Waals surface area contributed by atoms with Crippen molar-refractivity contribution in [2.75, 3.05) is 6.54 Å². The zero-order valence-corrected chi connectivity index (χ0v) is 16.1. The summed E-state index contributed by atoms with van der Waals surface area (Å²) >= 11 is 0. The lowest BCUT2D eigenvalue weighted by molar-refractivity contribution is -0.120. The third kappa shape index (κ3) is 4.33. The molecule has 1 unspecified atom stereocenters. The number of carbonyl (C=O) groups is 2. The highest BCUT2D eigenvalue weighted by Crippen LogP contribution is 2.25. The first-order valence-corrected chi connectivity index (χ1v) is 8.47. The highest BCUT2D eigenvalue weighted by molar-refractivity contribution is 6.16. The van der Waals surface area contributed by atoms with Crippen LogP contribution in [-0.4, -0.2) is 23.2 Å². The summed E-state index contributed by atoms with van der Waals surface area (Å²) in [5, 5.41) is 3.02. The van der Waals surface area contributed by atoms with Crippen molar-refractivity contribution in [2.24, 2.45) is 5.73 Å². The van der Waals surface area contributed by atoms with Gasteiger partial charge in [-0.3, -0.25) is 14.4 Å². The number of H-pyrrole nitrogens is 1. The Labute approximate surface area is 170 Å². The third-order valence-corrected chi connectivity index (χ3v) is 4.41. The molecule has 9 heteroatoms. The standard InChI is InChI=1S/C20H17F2N3O3.ClH/c1-10(25-17(26)9-23)11-7-15(21)18(16(22)8-11)19(27)13-3-2-4-14-12(13)5-6-24-20(14)28;/h2-8,10H,9,23H2,1H3,(H,24,28)(H,25,26);1H. The van der Waals surface area contributed by atoms with E-state index in [0.29, 0.717) is 5.39 Å². The van der Waals surface area contributed by atoms with Crippen LogP contribution in [0.2, 0.25) is 0 Å². The zero-order chi connectivity index (χ0) is 20.4. The number of benzene rings is 2. The van der Waals surface area contributed by atoms with Gasteiger partial charge in [0.1, 0.15) is 11.6 Å². The molecular weight excluding hydrogens is 404 g/mol. The van der Waals surface area contributed by atoms with Gasteiger partial charge in [0.2, 0.25) is 5.91 Å². The number of nitrogens with two attached hydrogens (primary N) is 1. The van der Waals surface area contributed by atoms with Crippen LogP contribution in [0, 0.1) is 11.6 Å². The van der Waals surface area contributed by atoms with Crippen molar-refractivity contribution in [3.63, 3.8) is 0 Å². The molecule has 152 valence electrons. The molecule has 6 nitrogen and oxygen atoms in total. The Morgan fingerprint density at radius 2 is 1.79 bits per heavy atom. The molecule has 2 aromatic carbocycles. The lowest BCUT2D eigenvalue weighted by Crippen LogP contribution is -2.32. The number of ketones is 1. The molecule has 1 atom stereocenters. The molecule has 0 saturated carbocycles. The molecule has 1 heterocycles. The van der Waals surface area contributed by atoms with Gasteiger partial charge in [-0.2, -0.15) is 0 Å². The van der Waals surface area contributed by atoms with E-state index in [1.807, 2.05) is 0 Å². The topological polar surface area (TPSA) is 105 Å². The summed E-state index contributed by atoms with van der Waals surface area (Å²) in [5.41, 5.74) is 4.24. The Bertz CT molecular complexity index is 1120. The summed E-state index contributed by atoms with van der Waals surface area (Å²) in [7, 11) is 0. The van der Waals surface area contributed by atoms with Crippen LogP contribution in [-0.2, 0) is 4.79 Å². The molecule has 0 spiro atoms. The second-order valence-corrected chi connectivity index (χ2v) is 6.26. The van der Waals surface area contributed by atoms with Crippen molar-refractivity contribution in [1.82, 2.24) is 10.3 Å². The molecule has 0 aliphatic rings. The summed E-state index contributed by atoms with van der Waals surface area (Å²) in [4.78, 5) is 38.6. The highest BCUT2D eigenvalue weighted by Gasteiger charge is 2.23. The van der Waals surface area contributed by atoms with Crippen LogP contribution in [0.3, 0.4) is 0 Å². The predicted molar refractivity (Wildman–Crippen MR) is 107 cm³/mol. The Kier molecular flexibility index (Phi) is 6.84. The lowest BCUT2D eigenvalue weighted by Gasteiger charge is -2.15. The van der Waals surface area contributed by atoms with E-state index in [9.17, 15) is 23.2 Å². The van der Waals surface area contributed by atoms with E-state index in [0.717, 1.165) is 12.1 Å². The van der Waals surface area contributed by atoms with E-state index < -0.39 is 40.5 Å². The minimum atomic E-state index is -1.06. The van der Waals surface area contributed by atoms with Crippen molar-refractivity contribution in [3.05, 3.63) is 81.3 Å². The first-order valence-electron chi connectivity index (χ1n) is 8.47. The van der Waals surface area contributed by atoms with Gasteiger partial charge < -0.3 is 16.0 Å². The number of aromatic nitrogens is 1. The minimum Gasteiger partial charge on any atom is -0.348 e. The number of pyridine rings is 1. The van der Waals surface area contributed by atoms with Gasteiger partial charge in [0, 0.05) is 17.1 Å². The molecule has 3 aromatic rings. The van der Waals surface area contributed by atoms with E-state index in [1.165, 1.54) is 30.5 Å². The van der Waals surface area contributed by atoms with Crippen LogP contribution >= 0.6 is 12.4 Å². The summed E-state index contributed by atoms with van der Waals surface area (Å²) < 4.78 is 29.3. The molecular formula is C20H18ClF2N3O3. The number of nitrogens with one attached hydrogen (secondary N) is 2. The van der Waals surface area contributed by atoms with Crippen molar-refractivity contribution in [1.29, 1.82) is 0 Å². The number of fused-ring (bicyclic) bond motifs is 1. The molecule has 0 saturated heterocycles. The SMILES string of the molecule is CC(NC(=O)CN)c1cc(F)c(C(=O)c2cccc3c(=O)[nH]ccc23)c(F)c1.Cl. The number of rotatable bonds is 5. The Hall–Kier alpha value is -3.10. The Balaban J connectivity index is 0.00000300. The first kappa shape index (κ1) is 22.2. The maximum Gasteiger partial charge on any atom is 0.255 e. The Morgan fingerprint density at radius 3 is 2.41 bits per heavy atom. The second kappa shape index (κ2) is 8.93. The van der Waals surface area contributed by atoms with Crippen LogP contribution in [0.1, 0.15) is 34.5 Å². The molecule has 1 amide bonds. The highest BCUT2D eigenvalue weighted by atomic mass is 35.5. The van der Waals surface area contributed by atoms with Crippen molar-refractivity contribution >= 4 is 34.9 Å². The van der Waals surface area contributed by atoms with Crippen LogP contribution in [0.4, 0.5) is 8.78 Å². The molecule has 0 aliphatic carbocycles. The van der Waals surface area contributed by atoms with Crippen molar-refractivity contribution in [2.45, 2.75) is 13.0 Å². The van der Waals surface area contributed by atoms with Crippen molar-refractivity contribution in [3.8, 4) is 0 Å². The quantitative estimate of drug-likeness (QED) is 0.550. The van der Waals surface area contributed by atoms with E-state index in [-0.39, 0.29) is 35.5 Å². The Morgan fingerprint density at radius 1 is 1.14 bits per heavy atom. The van der Waals surface area contributed by atoms with E-state index in [1.54, 1.807) is 6.92 Å². The maximum atomic E-state index is 14.6. The number of halogens is 3. The van der Waals surface area contributed by atoms with Gasteiger partial charge in [-0.15, -0.1) is 12.4 Å². The molecule has 0 fully saturated rings. The fraction of sp³-hybridized carbons (Fsp3) is 0.150. The van der Waals surface area contributed by atoms with Gasteiger partial charge in [0.25, 0.3) is 5.56 Å². The molecule has 1 aromatic heterocycles. The average molecular weight is 422 g/mol. The van der Waals surface area contributed by atoms with Crippen LogP contribution in [0.5, 0.6) is 0 Å². The molecule has 0 radical (unpaired) electrons. The van der Waals surface area contributed by atoms with Gasteiger partial charge in [0.15, 0.2) is 5.78 Å². The lowest BCUT2D eigenvalue weighted by atomic mass is 9.95. The zero-order valence-electron chi connectivity index (χ0n) is 15.3. The first-order chi connectivity index (χ1) is 13.3. The number of hydrogen-bond acceptors (Lipinski definition) is 4. The van der Waals surface area contributed by atoms with Gasteiger partial charge in [0.05, 0.1) is 18.2 Å². The smallest absolute Gasteiger partial charge is 0.255 e. The predicted octanol–water partition coefficient (Wildman–Crippen LogP) is 2.60. The maximum absolute atomic E-state index is 14.6. The molecule has 0 bridgehead atoms. The monoisotopic (exact) mass is 421 g/mol. The largest absolute Gasteiger partial charge is 0.348 e. The fourth-order valence-electron chi connectivity index (χ4n) is 3.00. The number of aromatic amines is 1. The van der Waals surface area contributed by atoms with Crippen molar-refractivity contribution < 1.29 is 18.4 Å². The van der Waals surface area contributed by atoms with E-state index in [2.05, 4.69) is 10.3 Å². The number of carbonyl (C=O) groups excluding carboxylic acids is 2. The summed E-state index contributed by atoms with van der Waals surface area (Å²) in [5.74, 6) is -3.47. The average Bonchev–Trinajstić information content (AvgIpc) is 2.67. The fourth-order valence-corrected chi connectivity index (χ4v) is 3.00. The van der Waals surface area contributed by atoms with Gasteiger partial charge >= 0.3 is 0 Å². The number of amides is 1. The van der Waals surface area contributed by atoms with Crippen LogP contribution in [0.15, 0.2) is 47.4 Å². The van der Waals surface area contributed by atoms with Gasteiger partial charge in [-0.25, -0.2) is 8.78 Å². The summed E-state index contributed by atoms with van der Waals surface area (Å²) in [6.45, 7) is 1.28. The van der Waals surface area contributed by atoms with Gasteiger partial charge in [-0.1, -0.05) is 12.1 Å². The van der Waals surface area contributed by atoms with Crippen LogP contribution < -0.4 is 16.6 Å². The van der Waals surface area contributed by atoms with E-state index >= 15 is 0 Å². The van der Waals surface area contributed by atoms with E-state index in [4.69, 9.17) is 5.73 Å². The normalized spacial score (nSPS) is 11.6. The third-order valence-electron chi connectivity index (χ3n) is 4.41. The van der Waals surface area contributed by atoms with Crippen LogP contribution in [0.25, 0.3) is 10.8 Å². The summed E-state index contributed by atoms with van der Waals surface area (Å²) in [6, 6.07) is 7.19. The minimum absolute atomic E-state index is 0. The molecule has 29 heavy (non-hydrogen) atoms. The second-order valence-electron chi connectivity index (χ2n) is 6.26. The molecule has 0 aliphatic heterocycles. The molecule has 3 rings (SSSR count).